The van der Waals surface area contributed by atoms with Crippen LogP contribution in [-0.4, -0.2) is 27.4 Å². The van der Waals surface area contributed by atoms with E-state index >= 15 is 0 Å². The summed E-state index contributed by atoms with van der Waals surface area (Å²) in [5, 5.41) is 20.2. The third kappa shape index (κ3) is 3.99. The number of hydrogen-bond donors (Lipinski definition) is 1. The topological polar surface area (TPSA) is 93.3 Å². The van der Waals surface area contributed by atoms with E-state index in [9.17, 15) is 20.0 Å². The summed E-state index contributed by atoms with van der Waals surface area (Å²) in [6, 6.07) is 15.3. The lowest BCUT2D eigenvalue weighted by Crippen LogP contribution is -2.05. The smallest absolute Gasteiger partial charge is 0.270 e. The van der Waals surface area contributed by atoms with E-state index in [0.29, 0.717) is 23.1 Å². The Balaban J connectivity index is 2.06. The Hall–Kier alpha value is -3.38. The van der Waals surface area contributed by atoms with Crippen LogP contribution in [0.4, 0.5) is 5.69 Å². The maximum Gasteiger partial charge on any atom is 0.270 e. The summed E-state index contributed by atoms with van der Waals surface area (Å²) in [5.74, 6) is -0.395. The number of Topliss-reactive ketones (excluding diaryl/α,β-unsaturated/α-hetero) is 1. The van der Waals surface area contributed by atoms with Crippen molar-refractivity contribution in [3.8, 4) is 11.1 Å². The zero-order valence-electron chi connectivity index (χ0n) is 13.8. The highest BCUT2D eigenvalue weighted by Crippen LogP contribution is 2.27. The van der Waals surface area contributed by atoms with Crippen LogP contribution in [0, 0.1) is 10.1 Å². The van der Waals surface area contributed by atoms with Crippen molar-refractivity contribution in [2.75, 3.05) is 6.61 Å². The molecule has 0 radical (unpaired) electrons. The molecule has 2 aromatic carbocycles. The van der Waals surface area contributed by atoms with Gasteiger partial charge >= 0.3 is 0 Å². The summed E-state index contributed by atoms with van der Waals surface area (Å²) in [7, 11) is 0. The van der Waals surface area contributed by atoms with Gasteiger partial charge in [-0.25, -0.2) is 0 Å². The molecule has 0 bridgehead atoms. The van der Waals surface area contributed by atoms with Crippen LogP contribution in [0.3, 0.4) is 0 Å². The second-order valence-corrected chi connectivity index (χ2v) is 5.84. The van der Waals surface area contributed by atoms with Gasteiger partial charge in [0.25, 0.3) is 5.69 Å². The van der Waals surface area contributed by atoms with Crippen molar-refractivity contribution < 1.29 is 14.8 Å². The highest BCUT2D eigenvalue weighted by atomic mass is 16.6. The van der Waals surface area contributed by atoms with E-state index in [4.69, 9.17) is 0 Å². The van der Waals surface area contributed by atoms with Crippen LogP contribution in [-0.2, 0) is 6.42 Å². The van der Waals surface area contributed by atoms with Gasteiger partial charge in [0.2, 0.25) is 0 Å². The van der Waals surface area contributed by atoms with Gasteiger partial charge in [-0.05, 0) is 52.9 Å². The molecule has 3 aromatic rings. The highest BCUT2D eigenvalue weighted by molar-refractivity contribution is 5.98. The van der Waals surface area contributed by atoms with Gasteiger partial charge in [-0.3, -0.25) is 19.9 Å². The zero-order valence-corrected chi connectivity index (χ0v) is 13.8. The number of nitro groups is 1. The number of rotatable bonds is 6. The van der Waals surface area contributed by atoms with Crippen molar-refractivity contribution in [2.45, 2.75) is 6.42 Å². The maximum absolute atomic E-state index is 12.0. The molecule has 0 atom stereocenters. The van der Waals surface area contributed by atoms with E-state index in [1.54, 1.807) is 36.7 Å². The zero-order chi connectivity index (χ0) is 18.5. The van der Waals surface area contributed by atoms with E-state index in [2.05, 4.69) is 4.98 Å². The first-order valence-corrected chi connectivity index (χ1v) is 7.98. The lowest BCUT2D eigenvalue weighted by molar-refractivity contribution is -0.384. The Bertz CT molecular complexity index is 955. The number of pyridine rings is 1. The minimum atomic E-state index is -0.590. The molecule has 0 unspecified atom stereocenters. The van der Waals surface area contributed by atoms with Gasteiger partial charge in [-0.1, -0.05) is 18.2 Å². The minimum absolute atomic E-state index is 0.0166. The molecule has 6 nitrogen and oxygen atoms in total. The molecule has 0 aliphatic heterocycles. The Morgan fingerprint density at radius 1 is 1.00 bits per heavy atom. The molecular formula is C20H16N2O4. The van der Waals surface area contributed by atoms with Crippen LogP contribution in [0.5, 0.6) is 0 Å². The third-order valence-corrected chi connectivity index (χ3v) is 4.01. The Morgan fingerprint density at radius 3 is 2.46 bits per heavy atom. The number of carbonyl (C=O) groups excluding carboxylic acids is 1. The number of carbonyl (C=O) groups is 1. The first-order chi connectivity index (χ1) is 12.6. The van der Waals surface area contributed by atoms with Crippen LogP contribution in [0.25, 0.3) is 11.1 Å². The van der Waals surface area contributed by atoms with Gasteiger partial charge in [0.1, 0.15) is 6.61 Å². The number of aromatic nitrogens is 1. The normalized spacial score (nSPS) is 10.5. The van der Waals surface area contributed by atoms with Crippen LogP contribution in [0.15, 0.2) is 67.0 Å². The predicted molar refractivity (Wildman–Crippen MR) is 97.0 cm³/mol. The number of non-ortho nitro benzene ring substituents is 1. The lowest BCUT2D eigenvalue weighted by atomic mass is 9.95. The fourth-order valence-corrected chi connectivity index (χ4v) is 2.75. The van der Waals surface area contributed by atoms with Gasteiger partial charge in [0.05, 0.1) is 4.92 Å². The first-order valence-electron chi connectivity index (χ1n) is 7.98. The quantitative estimate of drug-likeness (QED) is 0.418. The molecule has 0 saturated carbocycles. The second-order valence-electron chi connectivity index (χ2n) is 5.84. The average molecular weight is 348 g/mol. The first kappa shape index (κ1) is 17.4. The summed E-state index contributed by atoms with van der Waals surface area (Å²) >= 11 is 0. The number of aliphatic hydroxyl groups excluding tert-OH is 1. The molecule has 0 aliphatic rings. The summed E-state index contributed by atoms with van der Waals surface area (Å²) in [6.45, 7) is -0.590. The van der Waals surface area contributed by atoms with Crippen molar-refractivity contribution in [1.29, 1.82) is 0 Å². The molecule has 0 saturated heterocycles. The van der Waals surface area contributed by atoms with E-state index in [1.165, 1.54) is 12.1 Å². The van der Waals surface area contributed by atoms with Crippen molar-refractivity contribution in [2.24, 2.45) is 0 Å². The molecule has 3 rings (SSSR count). The van der Waals surface area contributed by atoms with Gasteiger partial charge in [-0.2, -0.15) is 0 Å². The Kier molecular flexibility index (Phi) is 5.15. The number of aliphatic hydroxyl groups is 1. The van der Waals surface area contributed by atoms with Gasteiger partial charge in [0, 0.05) is 30.1 Å². The summed E-state index contributed by atoms with van der Waals surface area (Å²) < 4.78 is 0. The predicted octanol–water partition coefficient (Wildman–Crippen LogP) is 3.42. The molecule has 1 heterocycles. The number of nitro benzene ring substituents is 1. The van der Waals surface area contributed by atoms with E-state index in [-0.39, 0.29) is 5.69 Å². The van der Waals surface area contributed by atoms with Crippen molar-refractivity contribution in [3.63, 3.8) is 0 Å². The second kappa shape index (κ2) is 7.67. The molecule has 0 fully saturated rings. The lowest BCUT2D eigenvalue weighted by Gasteiger charge is -2.10. The molecule has 26 heavy (non-hydrogen) atoms. The summed E-state index contributed by atoms with van der Waals surface area (Å²) in [6.07, 6.45) is 3.97. The van der Waals surface area contributed by atoms with E-state index < -0.39 is 17.3 Å². The largest absolute Gasteiger partial charge is 0.388 e. The number of ketones is 1. The van der Waals surface area contributed by atoms with Crippen LogP contribution in [0.2, 0.25) is 0 Å². The molecule has 130 valence electrons. The number of benzene rings is 2. The van der Waals surface area contributed by atoms with Crippen LogP contribution >= 0.6 is 0 Å². The highest BCUT2D eigenvalue weighted by Gasteiger charge is 2.12. The summed E-state index contributed by atoms with van der Waals surface area (Å²) in [5.41, 5.74) is 3.59. The summed E-state index contributed by atoms with van der Waals surface area (Å²) in [4.78, 5) is 26.6. The van der Waals surface area contributed by atoms with Crippen molar-refractivity contribution >= 4 is 11.5 Å². The molecule has 1 aromatic heterocycles. The maximum atomic E-state index is 12.0. The molecule has 0 spiro atoms. The van der Waals surface area contributed by atoms with Crippen LogP contribution in [0.1, 0.15) is 21.5 Å². The van der Waals surface area contributed by atoms with Crippen molar-refractivity contribution in [1.82, 2.24) is 4.98 Å². The van der Waals surface area contributed by atoms with E-state index in [0.717, 1.165) is 11.1 Å². The molecule has 0 aliphatic carbocycles. The third-order valence-electron chi connectivity index (χ3n) is 4.01. The monoisotopic (exact) mass is 348 g/mol. The Labute approximate surface area is 149 Å². The van der Waals surface area contributed by atoms with Crippen molar-refractivity contribution in [3.05, 3.63) is 93.8 Å². The SMILES string of the molecule is O=C(CO)c1cc(Cc2ccncc2)cc(-c2cccc([N+](=O)[O-])c2)c1. The van der Waals surface area contributed by atoms with E-state index in [1.807, 2.05) is 18.2 Å². The minimum Gasteiger partial charge on any atom is -0.388 e. The number of nitrogens with zero attached hydrogens (tertiary/aromatic N) is 2. The van der Waals surface area contributed by atoms with Gasteiger partial charge in [-0.15, -0.1) is 0 Å². The van der Waals surface area contributed by atoms with Crippen LogP contribution < -0.4 is 0 Å². The molecule has 6 heteroatoms. The standard InChI is InChI=1S/C20H16N2O4/c23-13-20(24)18-10-15(8-14-4-6-21-7-5-14)9-17(11-18)16-2-1-3-19(12-16)22(25)26/h1-7,9-12,23H,8,13H2. The fourth-order valence-electron chi connectivity index (χ4n) is 2.75. The number of hydrogen-bond acceptors (Lipinski definition) is 5. The fraction of sp³-hybridized carbons (Fsp3) is 0.100. The van der Waals surface area contributed by atoms with Gasteiger partial charge < -0.3 is 5.11 Å². The van der Waals surface area contributed by atoms with Gasteiger partial charge in [0.15, 0.2) is 5.78 Å². The molecule has 1 N–H and O–H groups in total. The molecule has 0 amide bonds. The Morgan fingerprint density at radius 2 is 1.77 bits per heavy atom. The molecular weight excluding hydrogens is 332 g/mol. The average Bonchev–Trinajstić information content (AvgIpc) is 2.68.